The van der Waals surface area contributed by atoms with Gasteiger partial charge in [0.05, 0.1) is 6.61 Å². The van der Waals surface area contributed by atoms with Crippen LogP contribution in [-0.4, -0.2) is 35.1 Å². The van der Waals surface area contributed by atoms with Crippen molar-refractivity contribution in [2.24, 2.45) is 0 Å². The van der Waals surface area contributed by atoms with Gasteiger partial charge < -0.3 is 10.0 Å². The second-order valence-electron chi connectivity index (χ2n) is 5.41. The topological polar surface area (TPSA) is 40.5 Å². The van der Waals surface area contributed by atoms with Gasteiger partial charge in [-0.3, -0.25) is 4.79 Å². The molecule has 0 fully saturated rings. The van der Waals surface area contributed by atoms with Crippen LogP contribution in [0.5, 0.6) is 0 Å². The van der Waals surface area contributed by atoms with E-state index in [4.69, 9.17) is 5.11 Å². The Bertz CT molecular complexity index is 655. The van der Waals surface area contributed by atoms with Crippen LogP contribution in [0.1, 0.15) is 24.2 Å². The Labute approximate surface area is 130 Å². The average Bonchev–Trinajstić information content (AvgIpc) is 2.52. The SMILES string of the molecule is CC(C)N(CCO)C(=O)c1cccc(-c2cccc(F)c2)c1. The zero-order chi connectivity index (χ0) is 16.1. The summed E-state index contributed by atoms with van der Waals surface area (Å²) >= 11 is 0. The van der Waals surface area contributed by atoms with E-state index in [0.717, 1.165) is 11.1 Å². The smallest absolute Gasteiger partial charge is 0.254 e. The molecule has 0 saturated carbocycles. The number of carbonyl (C=O) groups is 1. The number of hydrogen-bond acceptors (Lipinski definition) is 2. The molecule has 116 valence electrons. The second kappa shape index (κ2) is 7.18. The molecular weight excluding hydrogens is 281 g/mol. The maximum atomic E-state index is 13.3. The fourth-order valence-corrected chi connectivity index (χ4v) is 2.37. The lowest BCUT2D eigenvalue weighted by molar-refractivity contribution is 0.0665. The standard InChI is InChI=1S/C18H20FNO2/c1-13(2)20(9-10-21)18(22)16-7-3-5-14(11-16)15-6-4-8-17(19)12-15/h3-8,11-13,21H,9-10H2,1-2H3. The van der Waals surface area contributed by atoms with Gasteiger partial charge in [-0.05, 0) is 49.2 Å². The highest BCUT2D eigenvalue weighted by Gasteiger charge is 2.18. The number of hydrogen-bond donors (Lipinski definition) is 1. The highest BCUT2D eigenvalue weighted by Crippen LogP contribution is 2.22. The molecule has 4 heteroatoms. The number of benzene rings is 2. The van der Waals surface area contributed by atoms with Gasteiger partial charge >= 0.3 is 0 Å². The fourth-order valence-electron chi connectivity index (χ4n) is 2.37. The van der Waals surface area contributed by atoms with Gasteiger partial charge in [0.1, 0.15) is 5.82 Å². The zero-order valence-electron chi connectivity index (χ0n) is 12.8. The van der Waals surface area contributed by atoms with Crippen molar-refractivity contribution in [1.82, 2.24) is 4.90 Å². The molecule has 0 bridgehead atoms. The average molecular weight is 301 g/mol. The molecule has 2 aromatic carbocycles. The first kappa shape index (κ1) is 16.2. The summed E-state index contributed by atoms with van der Waals surface area (Å²) in [5.74, 6) is -0.444. The molecule has 0 saturated heterocycles. The Morgan fingerprint density at radius 3 is 2.36 bits per heavy atom. The number of rotatable bonds is 5. The lowest BCUT2D eigenvalue weighted by Gasteiger charge is -2.26. The first-order valence-corrected chi connectivity index (χ1v) is 7.30. The molecular formula is C18H20FNO2. The predicted octanol–water partition coefficient (Wildman–Crippen LogP) is 3.34. The lowest BCUT2D eigenvalue weighted by atomic mass is 10.0. The van der Waals surface area contributed by atoms with E-state index in [9.17, 15) is 9.18 Å². The summed E-state index contributed by atoms with van der Waals surface area (Å²) in [5.41, 5.74) is 2.05. The molecule has 0 spiro atoms. The Balaban J connectivity index is 2.33. The summed E-state index contributed by atoms with van der Waals surface area (Å²) in [6.07, 6.45) is 0. The Morgan fingerprint density at radius 2 is 1.77 bits per heavy atom. The quantitative estimate of drug-likeness (QED) is 0.920. The van der Waals surface area contributed by atoms with Crippen LogP contribution in [0.25, 0.3) is 11.1 Å². The maximum absolute atomic E-state index is 13.3. The van der Waals surface area contributed by atoms with E-state index in [1.54, 1.807) is 35.2 Å². The molecule has 0 atom stereocenters. The van der Waals surface area contributed by atoms with Crippen LogP contribution >= 0.6 is 0 Å². The van der Waals surface area contributed by atoms with Gasteiger partial charge in [0.15, 0.2) is 0 Å². The van der Waals surface area contributed by atoms with Crippen molar-refractivity contribution in [3.8, 4) is 11.1 Å². The summed E-state index contributed by atoms with van der Waals surface area (Å²) in [6.45, 7) is 4.03. The van der Waals surface area contributed by atoms with Crippen molar-refractivity contribution in [3.05, 3.63) is 59.9 Å². The first-order chi connectivity index (χ1) is 10.5. The monoisotopic (exact) mass is 301 g/mol. The Hall–Kier alpha value is -2.20. The normalized spacial score (nSPS) is 10.8. The molecule has 0 aliphatic heterocycles. The van der Waals surface area contributed by atoms with E-state index in [0.29, 0.717) is 12.1 Å². The van der Waals surface area contributed by atoms with Crippen molar-refractivity contribution in [2.75, 3.05) is 13.2 Å². The molecule has 0 aliphatic carbocycles. The molecule has 1 amide bonds. The Morgan fingerprint density at radius 1 is 1.14 bits per heavy atom. The zero-order valence-corrected chi connectivity index (χ0v) is 12.8. The van der Waals surface area contributed by atoms with Crippen LogP contribution < -0.4 is 0 Å². The number of aliphatic hydroxyl groups is 1. The van der Waals surface area contributed by atoms with Gasteiger partial charge in [-0.15, -0.1) is 0 Å². The van der Waals surface area contributed by atoms with E-state index in [1.165, 1.54) is 12.1 Å². The summed E-state index contributed by atoms with van der Waals surface area (Å²) in [4.78, 5) is 14.2. The molecule has 1 N–H and O–H groups in total. The van der Waals surface area contributed by atoms with Crippen LogP contribution in [0.15, 0.2) is 48.5 Å². The van der Waals surface area contributed by atoms with Crippen LogP contribution in [0, 0.1) is 5.82 Å². The third kappa shape index (κ3) is 3.71. The molecule has 3 nitrogen and oxygen atoms in total. The third-order valence-electron chi connectivity index (χ3n) is 3.49. The second-order valence-corrected chi connectivity index (χ2v) is 5.41. The molecule has 0 aromatic heterocycles. The van der Waals surface area contributed by atoms with Crippen LogP contribution in [0.2, 0.25) is 0 Å². The highest BCUT2D eigenvalue weighted by molar-refractivity contribution is 5.95. The van der Waals surface area contributed by atoms with Gasteiger partial charge in [0, 0.05) is 18.2 Å². The van der Waals surface area contributed by atoms with Crippen molar-refractivity contribution in [3.63, 3.8) is 0 Å². The number of carbonyl (C=O) groups excluding carboxylic acids is 1. The molecule has 2 aromatic rings. The van der Waals surface area contributed by atoms with Gasteiger partial charge in [-0.25, -0.2) is 4.39 Å². The number of amides is 1. The van der Waals surface area contributed by atoms with Crippen molar-refractivity contribution >= 4 is 5.91 Å². The predicted molar refractivity (Wildman–Crippen MR) is 85.1 cm³/mol. The summed E-state index contributed by atoms with van der Waals surface area (Å²) < 4.78 is 13.3. The van der Waals surface area contributed by atoms with Gasteiger partial charge in [0.2, 0.25) is 0 Å². The summed E-state index contributed by atoms with van der Waals surface area (Å²) in [7, 11) is 0. The minimum atomic E-state index is -0.307. The largest absolute Gasteiger partial charge is 0.395 e. The maximum Gasteiger partial charge on any atom is 0.254 e. The first-order valence-electron chi connectivity index (χ1n) is 7.30. The van der Waals surface area contributed by atoms with E-state index in [-0.39, 0.29) is 24.4 Å². The molecule has 0 heterocycles. The van der Waals surface area contributed by atoms with E-state index < -0.39 is 0 Å². The minimum absolute atomic E-state index is 0.00234. The van der Waals surface area contributed by atoms with E-state index in [2.05, 4.69) is 0 Å². The van der Waals surface area contributed by atoms with Crippen LogP contribution in [-0.2, 0) is 0 Å². The third-order valence-corrected chi connectivity index (χ3v) is 3.49. The summed E-state index contributed by atoms with van der Waals surface area (Å²) in [6, 6.07) is 13.4. The number of aliphatic hydroxyl groups excluding tert-OH is 1. The highest BCUT2D eigenvalue weighted by atomic mass is 19.1. The molecule has 2 rings (SSSR count). The van der Waals surface area contributed by atoms with Crippen LogP contribution in [0.3, 0.4) is 0 Å². The number of halogens is 1. The van der Waals surface area contributed by atoms with Crippen LogP contribution in [0.4, 0.5) is 4.39 Å². The van der Waals surface area contributed by atoms with Gasteiger partial charge in [0.25, 0.3) is 5.91 Å². The van der Waals surface area contributed by atoms with Gasteiger partial charge in [-0.2, -0.15) is 0 Å². The molecule has 0 unspecified atom stereocenters. The molecule has 22 heavy (non-hydrogen) atoms. The van der Waals surface area contributed by atoms with Crippen molar-refractivity contribution < 1.29 is 14.3 Å². The Kier molecular flexibility index (Phi) is 5.28. The molecule has 0 aliphatic rings. The lowest BCUT2D eigenvalue weighted by Crippen LogP contribution is -2.39. The van der Waals surface area contributed by atoms with E-state index >= 15 is 0 Å². The molecule has 0 radical (unpaired) electrons. The van der Waals surface area contributed by atoms with Crippen molar-refractivity contribution in [2.45, 2.75) is 19.9 Å². The number of nitrogens with zero attached hydrogens (tertiary/aromatic N) is 1. The minimum Gasteiger partial charge on any atom is -0.395 e. The summed E-state index contributed by atoms with van der Waals surface area (Å²) in [5, 5.41) is 9.11. The van der Waals surface area contributed by atoms with Crippen molar-refractivity contribution in [1.29, 1.82) is 0 Å². The van der Waals surface area contributed by atoms with E-state index in [1.807, 2.05) is 19.9 Å². The van der Waals surface area contributed by atoms with Gasteiger partial charge in [-0.1, -0.05) is 24.3 Å². The fraction of sp³-hybridized carbons (Fsp3) is 0.278.